The molecular weight excluding hydrogens is 210 g/mol. The van der Waals surface area contributed by atoms with Crippen molar-refractivity contribution >= 4 is 16.9 Å². The van der Waals surface area contributed by atoms with Gasteiger partial charge in [0.25, 0.3) is 5.91 Å². The highest BCUT2D eigenvalue weighted by molar-refractivity contribution is 5.94. The maximum Gasteiger partial charge on any atom is 0.288 e. The molecule has 0 atom stereocenters. The summed E-state index contributed by atoms with van der Waals surface area (Å²) in [6, 6.07) is 5.30. The number of primary amides is 1. The van der Waals surface area contributed by atoms with Crippen molar-refractivity contribution < 1.29 is 14.4 Å². The topological polar surface area (TPSA) is 79.4 Å². The lowest BCUT2D eigenvalue weighted by molar-refractivity contribution is 0.0941. The Kier molecular flexibility index (Phi) is 2.40. The molecule has 0 fully saturated rings. The number of imidazole rings is 1. The monoisotopic (exact) mass is 221 g/mol. The van der Waals surface area contributed by atoms with Crippen molar-refractivity contribution in [2.45, 2.75) is 0 Å². The molecule has 84 valence electrons. The summed E-state index contributed by atoms with van der Waals surface area (Å²) in [5, 5.41) is 0. The van der Waals surface area contributed by atoms with Crippen LogP contribution in [0.2, 0.25) is 0 Å². The number of aromatic nitrogens is 2. The van der Waals surface area contributed by atoms with Crippen molar-refractivity contribution in [2.75, 3.05) is 14.2 Å². The second kappa shape index (κ2) is 3.73. The van der Waals surface area contributed by atoms with Crippen molar-refractivity contribution in [3.63, 3.8) is 0 Å². The van der Waals surface area contributed by atoms with Crippen LogP contribution in [0, 0.1) is 0 Å². The Morgan fingerprint density at radius 1 is 1.44 bits per heavy atom. The summed E-state index contributed by atoms with van der Waals surface area (Å²) in [6.45, 7) is 0. The normalized spacial score (nSPS) is 10.4. The van der Waals surface area contributed by atoms with E-state index < -0.39 is 5.91 Å². The fraction of sp³-hybridized carbons (Fsp3) is 0.200. The van der Waals surface area contributed by atoms with Crippen LogP contribution in [-0.4, -0.2) is 29.8 Å². The summed E-state index contributed by atoms with van der Waals surface area (Å²) in [7, 11) is 2.97. The van der Waals surface area contributed by atoms with Crippen LogP contribution in [0.4, 0.5) is 0 Å². The molecule has 1 aromatic heterocycles. The number of para-hydroxylation sites is 1. The average molecular weight is 221 g/mol. The Labute approximate surface area is 91.5 Å². The number of amides is 1. The molecule has 0 unspecified atom stereocenters. The maximum absolute atomic E-state index is 11.2. The van der Waals surface area contributed by atoms with E-state index >= 15 is 0 Å². The van der Waals surface area contributed by atoms with Gasteiger partial charge in [-0.3, -0.25) is 4.79 Å². The fourth-order valence-electron chi connectivity index (χ4n) is 1.56. The first-order valence-corrected chi connectivity index (χ1v) is 4.58. The number of carbonyl (C=O) groups excluding carboxylic acids is 1. The summed E-state index contributed by atoms with van der Waals surface area (Å²) in [4.78, 5) is 20.3. The van der Waals surface area contributed by atoms with Gasteiger partial charge >= 0.3 is 0 Å². The predicted molar refractivity (Wildman–Crippen MR) is 57.3 cm³/mol. The van der Waals surface area contributed by atoms with Crippen LogP contribution in [-0.2, 0) is 0 Å². The van der Waals surface area contributed by atoms with Crippen molar-refractivity contribution in [3.05, 3.63) is 24.0 Å². The lowest BCUT2D eigenvalue weighted by Crippen LogP contribution is -2.20. The molecule has 0 bridgehead atoms. The Balaban J connectivity index is 2.80. The minimum atomic E-state index is -0.653. The molecule has 1 aromatic carbocycles. The molecule has 2 N–H and O–H groups in total. The summed E-state index contributed by atoms with van der Waals surface area (Å²) in [6.07, 6.45) is 0. The minimum Gasteiger partial charge on any atom is -0.494 e. The maximum atomic E-state index is 11.2. The Morgan fingerprint density at radius 3 is 2.75 bits per heavy atom. The van der Waals surface area contributed by atoms with Gasteiger partial charge in [-0.05, 0) is 12.1 Å². The number of benzene rings is 1. The lowest BCUT2D eigenvalue weighted by Gasteiger charge is -2.04. The molecule has 16 heavy (non-hydrogen) atoms. The Morgan fingerprint density at radius 2 is 2.19 bits per heavy atom. The van der Waals surface area contributed by atoms with Crippen molar-refractivity contribution in [1.82, 2.24) is 9.71 Å². The molecule has 0 radical (unpaired) electrons. The predicted octanol–water partition coefficient (Wildman–Crippen LogP) is 0.202. The molecule has 6 heteroatoms. The zero-order chi connectivity index (χ0) is 11.7. The zero-order valence-corrected chi connectivity index (χ0v) is 8.93. The third kappa shape index (κ3) is 1.35. The summed E-state index contributed by atoms with van der Waals surface area (Å²) in [5.41, 5.74) is 6.38. The van der Waals surface area contributed by atoms with Crippen molar-refractivity contribution in [2.24, 2.45) is 5.73 Å². The standard InChI is InChI=1S/C10H11N3O3/c1-15-7-5-3-4-6-8(7)12-10(9(11)14)13(6)16-2/h3-5H,1-2H3,(H2,11,14). The van der Waals surface area contributed by atoms with Gasteiger partial charge in [-0.25, -0.2) is 4.98 Å². The van der Waals surface area contributed by atoms with E-state index in [0.717, 1.165) is 0 Å². The van der Waals surface area contributed by atoms with Crippen LogP contribution in [0.5, 0.6) is 5.75 Å². The molecule has 0 aliphatic rings. The van der Waals surface area contributed by atoms with Gasteiger partial charge in [0.15, 0.2) is 0 Å². The molecule has 6 nitrogen and oxygen atoms in total. The first kappa shape index (κ1) is 10.3. The fourth-order valence-corrected chi connectivity index (χ4v) is 1.56. The molecule has 0 saturated carbocycles. The van der Waals surface area contributed by atoms with Crippen LogP contribution in [0.3, 0.4) is 0 Å². The van der Waals surface area contributed by atoms with E-state index in [-0.39, 0.29) is 5.82 Å². The van der Waals surface area contributed by atoms with Gasteiger partial charge in [0, 0.05) is 0 Å². The van der Waals surface area contributed by atoms with E-state index in [2.05, 4.69) is 4.98 Å². The highest BCUT2D eigenvalue weighted by Gasteiger charge is 2.17. The van der Waals surface area contributed by atoms with Crippen molar-refractivity contribution in [3.8, 4) is 5.75 Å². The Bertz CT molecular complexity index is 547. The molecule has 2 aromatic rings. The highest BCUT2D eigenvalue weighted by Crippen LogP contribution is 2.24. The van der Waals surface area contributed by atoms with Crippen LogP contribution < -0.4 is 15.3 Å². The number of nitrogens with two attached hydrogens (primary N) is 1. The van der Waals surface area contributed by atoms with E-state index in [1.807, 2.05) is 0 Å². The lowest BCUT2D eigenvalue weighted by atomic mass is 10.3. The molecule has 0 aliphatic heterocycles. The number of carbonyl (C=O) groups is 1. The molecule has 1 amide bonds. The largest absolute Gasteiger partial charge is 0.494 e. The zero-order valence-electron chi connectivity index (χ0n) is 8.93. The second-order valence-corrected chi connectivity index (χ2v) is 3.10. The van der Waals surface area contributed by atoms with Crippen LogP contribution >= 0.6 is 0 Å². The van der Waals surface area contributed by atoms with Crippen LogP contribution in [0.25, 0.3) is 11.0 Å². The number of ether oxygens (including phenoxy) is 1. The van der Waals surface area contributed by atoms with Gasteiger partial charge in [-0.15, -0.1) is 0 Å². The number of hydrogen-bond donors (Lipinski definition) is 1. The number of methoxy groups -OCH3 is 1. The average Bonchev–Trinajstić information content (AvgIpc) is 2.67. The second-order valence-electron chi connectivity index (χ2n) is 3.10. The van der Waals surface area contributed by atoms with Gasteiger partial charge in [-0.2, -0.15) is 4.73 Å². The summed E-state index contributed by atoms with van der Waals surface area (Å²) < 4.78 is 6.41. The van der Waals surface area contributed by atoms with Gasteiger partial charge in [0.1, 0.15) is 23.9 Å². The van der Waals surface area contributed by atoms with Crippen LogP contribution in [0.15, 0.2) is 18.2 Å². The van der Waals surface area contributed by atoms with Gasteiger partial charge in [0.2, 0.25) is 5.82 Å². The van der Waals surface area contributed by atoms with Gasteiger partial charge in [-0.1, -0.05) is 6.07 Å². The first-order valence-electron chi connectivity index (χ1n) is 4.58. The first-order chi connectivity index (χ1) is 7.69. The van der Waals surface area contributed by atoms with Gasteiger partial charge in [0.05, 0.1) is 7.11 Å². The number of fused-ring (bicyclic) bond motifs is 1. The molecule has 0 spiro atoms. The van der Waals surface area contributed by atoms with E-state index in [1.54, 1.807) is 18.2 Å². The molecule has 0 aliphatic carbocycles. The summed E-state index contributed by atoms with van der Waals surface area (Å²) in [5.74, 6) is -0.0436. The molecular formula is C10H11N3O3. The Hall–Kier alpha value is -2.24. The quantitative estimate of drug-likeness (QED) is 0.803. The minimum absolute atomic E-state index is 0.0435. The van der Waals surface area contributed by atoms with Crippen LogP contribution in [0.1, 0.15) is 10.6 Å². The number of nitrogens with zero attached hydrogens (tertiary/aromatic N) is 2. The molecule has 0 saturated heterocycles. The highest BCUT2D eigenvalue weighted by atomic mass is 16.6. The third-order valence-corrected chi connectivity index (χ3v) is 2.23. The number of hydrogen-bond acceptors (Lipinski definition) is 4. The molecule has 2 rings (SSSR count). The van der Waals surface area contributed by atoms with E-state index in [9.17, 15) is 4.79 Å². The summed E-state index contributed by atoms with van der Waals surface area (Å²) >= 11 is 0. The smallest absolute Gasteiger partial charge is 0.288 e. The third-order valence-electron chi connectivity index (χ3n) is 2.23. The van der Waals surface area contributed by atoms with E-state index in [0.29, 0.717) is 16.8 Å². The number of rotatable bonds is 3. The van der Waals surface area contributed by atoms with Crippen molar-refractivity contribution in [1.29, 1.82) is 0 Å². The van der Waals surface area contributed by atoms with E-state index in [1.165, 1.54) is 19.0 Å². The molecule has 1 heterocycles. The SMILES string of the molecule is COc1cccc2c1nc(C(N)=O)n2OC. The van der Waals surface area contributed by atoms with Gasteiger partial charge < -0.3 is 15.3 Å². The van der Waals surface area contributed by atoms with E-state index in [4.69, 9.17) is 15.3 Å².